The van der Waals surface area contributed by atoms with E-state index >= 15 is 0 Å². The Labute approximate surface area is 119 Å². The van der Waals surface area contributed by atoms with E-state index in [0.717, 1.165) is 16.8 Å². The highest BCUT2D eigenvalue weighted by molar-refractivity contribution is 5.88. The molecule has 0 bridgehead atoms. The van der Waals surface area contributed by atoms with Crippen LogP contribution in [0.15, 0.2) is 66.7 Å². The lowest BCUT2D eigenvalue weighted by atomic mass is 10.1. The minimum absolute atomic E-state index is 0.193. The first-order valence-corrected chi connectivity index (χ1v) is 6.37. The Kier molecular flexibility index (Phi) is 3.29. The molecule has 0 aliphatic rings. The Morgan fingerprint density at radius 1 is 0.667 bits per heavy atom. The molecule has 0 unspecified atom stereocenters. The molecule has 4 heteroatoms. The Morgan fingerprint density at radius 3 is 2.10 bits per heavy atom. The van der Waals surface area contributed by atoms with Gasteiger partial charge in [0, 0.05) is 5.39 Å². The van der Waals surface area contributed by atoms with E-state index in [2.05, 4.69) is 0 Å². The average Bonchev–Trinajstić information content (AvgIpc) is 2.47. The van der Waals surface area contributed by atoms with E-state index in [1.807, 2.05) is 30.3 Å². The van der Waals surface area contributed by atoms with Gasteiger partial charge in [0.25, 0.3) is 0 Å². The number of halogens is 3. The van der Waals surface area contributed by atoms with Crippen LogP contribution in [0.25, 0.3) is 10.8 Å². The number of alkyl halides is 3. The first-order valence-electron chi connectivity index (χ1n) is 6.37. The number of benzene rings is 3. The van der Waals surface area contributed by atoms with Crippen LogP contribution in [-0.2, 0) is 6.18 Å². The molecule has 0 aromatic heterocycles. The number of fused-ring (bicyclic) bond motifs is 1. The van der Waals surface area contributed by atoms with Crippen LogP contribution in [0, 0.1) is 0 Å². The summed E-state index contributed by atoms with van der Waals surface area (Å²) in [4.78, 5) is 0. The van der Waals surface area contributed by atoms with Crippen molar-refractivity contribution in [3.8, 4) is 11.5 Å². The van der Waals surface area contributed by atoms with Gasteiger partial charge >= 0.3 is 6.18 Å². The third kappa shape index (κ3) is 2.70. The smallest absolute Gasteiger partial charge is 0.419 e. The van der Waals surface area contributed by atoms with Crippen molar-refractivity contribution < 1.29 is 17.9 Å². The summed E-state index contributed by atoms with van der Waals surface area (Å²) in [6, 6.07) is 17.9. The quantitative estimate of drug-likeness (QED) is 0.592. The first-order chi connectivity index (χ1) is 10.1. The van der Waals surface area contributed by atoms with E-state index in [0.29, 0.717) is 5.75 Å². The van der Waals surface area contributed by atoms with Crippen molar-refractivity contribution in [3.63, 3.8) is 0 Å². The van der Waals surface area contributed by atoms with Gasteiger partial charge in [-0.15, -0.1) is 0 Å². The zero-order valence-electron chi connectivity index (χ0n) is 10.9. The van der Waals surface area contributed by atoms with Gasteiger partial charge in [-0.25, -0.2) is 0 Å². The molecule has 0 aliphatic carbocycles. The fourth-order valence-corrected chi connectivity index (χ4v) is 2.19. The number of ether oxygens (including phenoxy) is 1. The molecular formula is C17H11F3O. The van der Waals surface area contributed by atoms with Crippen molar-refractivity contribution >= 4 is 10.8 Å². The van der Waals surface area contributed by atoms with Gasteiger partial charge in [-0.2, -0.15) is 13.2 Å². The summed E-state index contributed by atoms with van der Waals surface area (Å²) in [7, 11) is 0. The van der Waals surface area contributed by atoms with E-state index in [1.165, 1.54) is 18.2 Å². The molecule has 0 saturated carbocycles. The predicted octanol–water partition coefficient (Wildman–Crippen LogP) is 5.65. The van der Waals surface area contributed by atoms with Crippen molar-refractivity contribution in [2.45, 2.75) is 6.18 Å². The lowest BCUT2D eigenvalue weighted by Crippen LogP contribution is -2.06. The molecule has 0 saturated heterocycles. The molecule has 0 aliphatic heterocycles. The van der Waals surface area contributed by atoms with Crippen molar-refractivity contribution in [2.75, 3.05) is 0 Å². The summed E-state index contributed by atoms with van der Waals surface area (Å²) in [6.45, 7) is 0. The fourth-order valence-electron chi connectivity index (χ4n) is 2.19. The average molecular weight is 288 g/mol. The molecule has 1 nitrogen and oxygen atoms in total. The topological polar surface area (TPSA) is 9.23 Å². The Bertz CT molecular complexity index is 773. The Morgan fingerprint density at radius 2 is 1.29 bits per heavy atom. The molecule has 106 valence electrons. The van der Waals surface area contributed by atoms with Gasteiger partial charge in [-0.05, 0) is 23.6 Å². The number of hydrogen-bond acceptors (Lipinski definition) is 1. The van der Waals surface area contributed by atoms with Crippen molar-refractivity contribution in [3.05, 3.63) is 72.3 Å². The zero-order chi connectivity index (χ0) is 14.9. The van der Waals surface area contributed by atoms with Gasteiger partial charge in [0.05, 0.1) is 5.56 Å². The SMILES string of the molecule is FC(F)(F)c1ccccc1Oc1cccc2ccccc12. The molecule has 3 aromatic carbocycles. The lowest BCUT2D eigenvalue weighted by molar-refractivity contribution is -0.138. The van der Waals surface area contributed by atoms with E-state index in [4.69, 9.17) is 4.74 Å². The molecule has 0 fully saturated rings. The fraction of sp³-hybridized carbons (Fsp3) is 0.0588. The van der Waals surface area contributed by atoms with Crippen LogP contribution < -0.4 is 4.74 Å². The summed E-state index contributed by atoms with van der Waals surface area (Å²) >= 11 is 0. The second kappa shape index (κ2) is 5.13. The molecule has 0 N–H and O–H groups in total. The van der Waals surface area contributed by atoms with Gasteiger partial charge in [-0.1, -0.05) is 48.5 Å². The van der Waals surface area contributed by atoms with Crippen molar-refractivity contribution in [1.82, 2.24) is 0 Å². The monoisotopic (exact) mass is 288 g/mol. The standard InChI is InChI=1S/C17H11F3O/c18-17(19,20)14-9-3-4-10-16(14)21-15-11-5-7-12-6-1-2-8-13(12)15/h1-11H. The minimum atomic E-state index is -4.44. The zero-order valence-corrected chi connectivity index (χ0v) is 10.9. The largest absolute Gasteiger partial charge is 0.456 e. The predicted molar refractivity (Wildman–Crippen MR) is 75.5 cm³/mol. The maximum Gasteiger partial charge on any atom is 0.419 e. The van der Waals surface area contributed by atoms with Crippen molar-refractivity contribution in [1.29, 1.82) is 0 Å². The summed E-state index contributed by atoms with van der Waals surface area (Å²) in [5.74, 6) is 0.214. The Balaban J connectivity index is 2.08. The summed E-state index contributed by atoms with van der Waals surface area (Å²) in [5, 5.41) is 1.69. The maximum absolute atomic E-state index is 13.0. The van der Waals surface area contributed by atoms with Crippen LogP contribution in [0.1, 0.15) is 5.56 Å². The van der Waals surface area contributed by atoms with Crippen LogP contribution in [0.4, 0.5) is 13.2 Å². The van der Waals surface area contributed by atoms with E-state index in [9.17, 15) is 13.2 Å². The molecule has 3 aromatic rings. The van der Waals surface area contributed by atoms with Gasteiger partial charge in [0.1, 0.15) is 11.5 Å². The number of rotatable bonds is 2. The lowest BCUT2D eigenvalue weighted by Gasteiger charge is -2.14. The molecule has 21 heavy (non-hydrogen) atoms. The third-order valence-electron chi connectivity index (χ3n) is 3.16. The molecule has 0 atom stereocenters. The van der Waals surface area contributed by atoms with E-state index < -0.39 is 11.7 Å². The summed E-state index contributed by atoms with van der Waals surface area (Å²) in [5.41, 5.74) is -0.780. The van der Waals surface area contributed by atoms with Crippen LogP contribution in [0.5, 0.6) is 11.5 Å². The highest BCUT2D eigenvalue weighted by Gasteiger charge is 2.34. The van der Waals surface area contributed by atoms with Crippen LogP contribution in [0.3, 0.4) is 0 Å². The molecule has 3 rings (SSSR count). The molecular weight excluding hydrogens is 277 g/mol. The molecule has 0 heterocycles. The normalized spacial score (nSPS) is 11.6. The van der Waals surface area contributed by atoms with E-state index in [1.54, 1.807) is 12.1 Å². The number of para-hydroxylation sites is 1. The Hall–Kier alpha value is -2.49. The van der Waals surface area contributed by atoms with Crippen LogP contribution in [0.2, 0.25) is 0 Å². The van der Waals surface area contributed by atoms with Gasteiger partial charge < -0.3 is 4.74 Å². The third-order valence-corrected chi connectivity index (χ3v) is 3.16. The minimum Gasteiger partial charge on any atom is -0.456 e. The highest BCUT2D eigenvalue weighted by atomic mass is 19.4. The van der Waals surface area contributed by atoms with Gasteiger partial charge in [0.2, 0.25) is 0 Å². The second-order valence-corrected chi connectivity index (χ2v) is 4.57. The summed E-state index contributed by atoms with van der Waals surface area (Å²) < 4.78 is 44.5. The molecule has 0 radical (unpaired) electrons. The molecule has 0 spiro atoms. The van der Waals surface area contributed by atoms with Gasteiger partial charge in [0.15, 0.2) is 0 Å². The second-order valence-electron chi connectivity index (χ2n) is 4.57. The first kappa shape index (κ1) is 13.5. The number of hydrogen-bond donors (Lipinski definition) is 0. The maximum atomic E-state index is 13.0. The van der Waals surface area contributed by atoms with E-state index in [-0.39, 0.29) is 5.75 Å². The highest BCUT2D eigenvalue weighted by Crippen LogP contribution is 2.39. The summed E-state index contributed by atoms with van der Waals surface area (Å²) in [6.07, 6.45) is -4.44. The van der Waals surface area contributed by atoms with Crippen LogP contribution >= 0.6 is 0 Å². The van der Waals surface area contributed by atoms with Gasteiger partial charge in [-0.3, -0.25) is 0 Å². The molecule has 0 amide bonds. The van der Waals surface area contributed by atoms with Crippen molar-refractivity contribution in [2.24, 2.45) is 0 Å². The van der Waals surface area contributed by atoms with Crippen LogP contribution in [-0.4, -0.2) is 0 Å².